The topological polar surface area (TPSA) is 102 Å². The Bertz CT molecular complexity index is 1310. The van der Waals surface area contributed by atoms with Gasteiger partial charge in [0.25, 0.3) is 5.22 Å². The number of thioether (sulfide) groups is 1. The van der Waals surface area contributed by atoms with Crippen molar-refractivity contribution < 1.29 is 17.3 Å². The molecule has 33 heavy (non-hydrogen) atoms. The SMILES string of the molecule is O=S(=O)(c1cccc(-c2nnc(SCCCc3nc4ccccc4o3)o2)c1)N1CCCCC1. The van der Waals surface area contributed by atoms with Gasteiger partial charge in [-0.25, -0.2) is 13.4 Å². The van der Waals surface area contributed by atoms with E-state index in [2.05, 4.69) is 15.2 Å². The second kappa shape index (κ2) is 9.66. The van der Waals surface area contributed by atoms with E-state index in [0.29, 0.717) is 29.8 Å². The lowest BCUT2D eigenvalue weighted by Gasteiger charge is -2.25. The van der Waals surface area contributed by atoms with E-state index in [-0.39, 0.29) is 4.90 Å². The van der Waals surface area contributed by atoms with Crippen LogP contribution in [-0.2, 0) is 16.4 Å². The molecule has 0 aliphatic carbocycles. The molecule has 0 amide bonds. The second-order valence-electron chi connectivity index (χ2n) is 7.89. The highest BCUT2D eigenvalue weighted by Gasteiger charge is 2.26. The van der Waals surface area contributed by atoms with Gasteiger partial charge in [-0.05, 0) is 49.6 Å². The van der Waals surface area contributed by atoms with Crippen LogP contribution >= 0.6 is 11.8 Å². The van der Waals surface area contributed by atoms with Crippen molar-refractivity contribution in [2.45, 2.75) is 42.2 Å². The molecule has 1 aliphatic rings. The van der Waals surface area contributed by atoms with Gasteiger partial charge in [0.1, 0.15) is 5.52 Å². The van der Waals surface area contributed by atoms with E-state index < -0.39 is 10.0 Å². The van der Waals surface area contributed by atoms with Crippen LogP contribution in [0.3, 0.4) is 0 Å². The fourth-order valence-corrected chi connectivity index (χ4v) is 6.10. The molecule has 1 fully saturated rings. The Balaban J connectivity index is 1.20. The largest absolute Gasteiger partial charge is 0.441 e. The Morgan fingerprint density at radius 2 is 1.82 bits per heavy atom. The molecule has 8 nitrogen and oxygen atoms in total. The number of rotatable bonds is 8. The third kappa shape index (κ3) is 4.97. The Hall–Kier alpha value is -2.69. The summed E-state index contributed by atoms with van der Waals surface area (Å²) in [5, 5.41) is 8.66. The Labute approximate surface area is 196 Å². The minimum absolute atomic E-state index is 0.257. The van der Waals surface area contributed by atoms with E-state index in [4.69, 9.17) is 8.83 Å². The van der Waals surface area contributed by atoms with Gasteiger partial charge in [-0.2, -0.15) is 4.31 Å². The number of fused-ring (bicyclic) bond motifs is 1. The molecule has 4 aromatic rings. The van der Waals surface area contributed by atoms with Crippen molar-refractivity contribution in [2.24, 2.45) is 0 Å². The number of aryl methyl sites for hydroxylation is 1. The van der Waals surface area contributed by atoms with E-state index in [0.717, 1.165) is 54.8 Å². The lowest BCUT2D eigenvalue weighted by atomic mass is 10.2. The standard InChI is InChI=1S/C23H24N4O4S2/c28-33(29,27-13-4-1-5-14-27)18-9-6-8-17(16-18)22-25-26-23(31-22)32-15-7-12-21-24-19-10-2-3-11-20(19)30-21/h2-3,6,8-11,16H,1,4-5,7,12-15H2. The van der Waals surface area contributed by atoms with Gasteiger partial charge in [0, 0.05) is 30.8 Å². The summed E-state index contributed by atoms with van der Waals surface area (Å²) in [6, 6.07) is 14.4. The summed E-state index contributed by atoms with van der Waals surface area (Å²) in [7, 11) is -3.52. The average molecular weight is 485 g/mol. The minimum Gasteiger partial charge on any atom is -0.441 e. The van der Waals surface area contributed by atoms with Crippen LogP contribution in [0, 0.1) is 0 Å². The first-order valence-electron chi connectivity index (χ1n) is 11.0. The zero-order valence-electron chi connectivity index (χ0n) is 18.0. The maximum atomic E-state index is 13.0. The zero-order valence-corrected chi connectivity index (χ0v) is 19.6. The number of oxazole rings is 1. The summed E-state index contributed by atoms with van der Waals surface area (Å²) >= 11 is 1.46. The lowest BCUT2D eigenvalue weighted by molar-refractivity contribution is 0.346. The van der Waals surface area contributed by atoms with Crippen molar-refractivity contribution in [3.05, 3.63) is 54.4 Å². The van der Waals surface area contributed by atoms with Gasteiger partial charge < -0.3 is 8.83 Å². The first kappa shape index (κ1) is 22.1. The Morgan fingerprint density at radius 3 is 2.67 bits per heavy atom. The van der Waals surface area contributed by atoms with Gasteiger partial charge in [-0.3, -0.25) is 0 Å². The van der Waals surface area contributed by atoms with Crippen LogP contribution in [0.4, 0.5) is 0 Å². The molecule has 0 N–H and O–H groups in total. The summed E-state index contributed by atoms with van der Waals surface area (Å²) in [4.78, 5) is 4.74. The van der Waals surface area contributed by atoms with Crippen LogP contribution in [-0.4, -0.2) is 46.7 Å². The quantitative estimate of drug-likeness (QED) is 0.260. The molecular weight excluding hydrogens is 460 g/mol. The molecule has 0 atom stereocenters. The molecule has 1 aliphatic heterocycles. The predicted octanol–water partition coefficient (Wildman–Crippen LogP) is 4.78. The van der Waals surface area contributed by atoms with E-state index in [9.17, 15) is 8.42 Å². The van der Waals surface area contributed by atoms with E-state index in [1.165, 1.54) is 11.8 Å². The highest BCUT2D eigenvalue weighted by Crippen LogP contribution is 2.28. The Morgan fingerprint density at radius 1 is 0.970 bits per heavy atom. The molecular formula is C23H24N4O4S2. The molecule has 3 heterocycles. The molecule has 172 valence electrons. The summed E-state index contributed by atoms with van der Waals surface area (Å²) in [5.74, 6) is 1.80. The van der Waals surface area contributed by atoms with Crippen molar-refractivity contribution in [3.63, 3.8) is 0 Å². The molecule has 2 aromatic carbocycles. The smallest absolute Gasteiger partial charge is 0.276 e. The van der Waals surface area contributed by atoms with Crippen LogP contribution in [0.15, 0.2) is 67.5 Å². The number of hydrogen-bond acceptors (Lipinski definition) is 8. The summed E-state index contributed by atoms with van der Waals surface area (Å²) in [5.41, 5.74) is 2.26. The van der Waals surface area contributed by atoms with Crippen molar-refractivity contribution in [2.75, 3.05) is 18.8 Å². The number of nitrogens with zero attached hydrogens (tertiary/aromatic N) is 4. The molecule has 0 spiro atoms. The van der Waals surface area contributed by atoms with Gasteiger partial charge in [0.05, 0.1) is 4.90 Å². The van der Waals surface area contributed by atoms with Crippen LogP contribution in [0.1, 0.15) is 31.6 Å². The molecule has 0 unspecified atom stereocenters. The fourth-order valence-electron chi connectivity index (χ4n) is 3.84. The van der Waals surface area contributed by atoms with Crippen molar-refractivity contribution in [3.8, 4) is 11.5 Å². The minimum atomic E-state index is -3.52. The molecule has 0 radical (unpaired) electrons. The molecule has 5 rings (SSSR count). The third-order valence-electron chi connectivity index (χ3n) is 5.54. The highest BCUT2D eigenvalue weighted by atomic mass is 32.2. The summed E-state index contributed by atoms with van der Waals surface area (Å²) in [6.07, 6.45) is 4.44. The lowest BCUT2D eigenvalue weighted by Crippen LogP contribution is -2.35. The number of piperidine rings is 1. The van der Waals surface area contributed by atoms with Crippen LogP contribution in [0.2, 0.25) is 0 Å². The average Bonchev–Trinajstić information content (AvgIpc) is 3.49. The van der Waals surface area contributed by atoms with Gasteiger partial charge >= 0.3 is 0 Å². The number of aromatic nitrogens is 3. The maximum Gasteiger partial charge on any atom is 0.276 e. The zero-order chi connectivity index (χ0) is 22.7. The first-order valence-corrected chi connectivity index (χ1v) is 13.4. The fraction of sp³-hybridized carbons (Fsp3) is 0.348. The van der Waals surface area contributed by atoms with Crippen molar-refractivity contribution >= 4 is 32.9 Å². The highest BCUT2D eigenvalue weighted by molar-refractivity contribution is 7.99. The monoisotopic (exact) mass is 484 g/mol. The second-order valence-corrected chi connectivity index (χ2v) is 10.9. The Kier molecular flexibility index (Phi) is 6.48. The normalized spacial score (nSPS) is 15.3. The summed E-state index contributed by atoms with van der Waals surface area (Å²) < 4.78 is 39.0. The van der Waals surface area contributed by atoms with Gasteiger partial charge in [0.2, 0.25) is 15.9 Å². The van der Waals surface area contributed by atoms with E-state index in [1.807, 2.05) is 24.3 Å². The van der Waals surface area contributed by atoms with Gasteiger partial charge in [-0.15, -0.1) is 10.2 Å². The molecule has 10 heteroatoms. The van der Waals surface area contributed by atoms with Gasteiger partial charge in [-0.1, -0.05) is 36.4 Å². The number of hydrogen-bond donors (Lipinski definition) is 0. The molecule has 2 aromatic heterocycles. The van der Waals surface area contributed by atoms with Gasteiger partial charge in [0.15, 0.2) is 11.5 Å². The van der Waals surface area contributed by atoms with E-state index >= 15 is 0 Å². The van der Waals surface area contributed by atoms with E-state index in [1.54, 1.807) is 28.6 Å². The number of benzene rings is 2. The van der Waals surface area contributed by atoms with Crippen LogP contribution in [0.25, 0.3) is 22.6 Å². The summed E-state index contributed by atoms with van der Waals surface area (Å²) in [6.45, 7) is 1.13. The van der Waals surface area contributed by atoms with Crippen molar-refractivity contribution in [1.82, 2.24) is 19.5 Å². The predicted molar refractivity (Wildman–Crippen MR) is 125 cm³/mol. The van der Waals surface area contributed by atoms with Crippen LogP contribution in [0.5, 0.6) is 0 Å². The maximum absolute atomic E-state index is 13.0. The van der Waals surface area contributed by atoms with Crippen molar-refractivity contribution in [1.29, 1.82) is 0 Å². The molecule has 0 bridgehead atoms. The molecule has 0 saturated carbocycles. The first-order chi connectivity index (χ1) is 16.1. The van der Waals surface area contributed by atoms with Crippen LogP contribution < -0.4 is 0 Å². The number of sulfonamides is 1. The number of para-hydroxylation sites is 2. The third-order valence-corrected chi connectivity index (χ3v) is 8.34. The molecule has 1 saturated heterocycles.